The number of hydrogen-bond donors (Lipinski definition) is 0. The Morgan fingerprint density at radius 3 is 2.15 bits per heavy atom. The van der Waals surface area contributed by atoms with Gasteiger partial charge in [0.1, 0.15) is 5.58 Å². The van der Waals surface area contributed by atoms with E-state index in [1.54, 1.807) is 5.56 Å². The van der Waals surface area contributed by atoms with Crippen molar-refractivity contribution in [3.63, 3.8) is 0 Å². The molecule has 0 atom stereocenters. The normalized spacial score (nSPS) is 13.2. The molecule has 3 nitrogen and oxygen atoms in total. The fraction of sp³-hybridized carbons (Fsp3) is 0.286. The van der Waals surface area contributed by atoms with Gasteiger partial charge in [-0.25, -0.2) is 0 Å². The smallest absolute Gasteiger partial charge is 0.121 e. The maximum absolute atomic E-state index is 6.38. The van der Waals surface area contributed by atoms with Gasteiger partial charge in [0.2, 0.25) is 0 Å². The predicted molar refractivity (Wildman–Crippen MR) is 256 cm³/mol. The van der Waals surface area contributed by atoms with Crippen LogP contribution in [0.3, 0.4) is 0 Å². The Morgan fingerprint density at radius 1 is 0.721 bits per heavy atom. The van der Waals surface area contributed by atoms with E-state index >= 15 is 0 Å². The molecule has 1 fully saturated rings. The molecule has 5 aromatic carbocycles. The summed E-state index contributed by atoms with van der Waals surface area (Å²) in [6.45, 7) is 14.0. The molecule has 0 unspecified atom stereocenters. The number of nitrogens with zero attached hydrogens (tertiary/aromatic N) is 2. The van der Waals surface area contributed by atoms with Gasteiger partial charge in [0, 0.05) is 37.9 Å². The average Bonchev–Trinajstić information content (AvgIpc) is 3.66. The summed E-state index contributed by atoms with van der Waals surface area (Å²) in [5.74, 6) is 1.39. The van der Waals surface area contributed by atoms with Gasteiger partial charge in [0.15, 0.2) is 0 Å². The van der Waals surface area contributed by atoms with Crippen molar-refractivity contribution in [2.45, 2.75) is 97.7 Å². The van der Waals surface area contributed by atoms with Crippen LogP contribution < -0.4 is 5.19 Å². The summed E-state index contributed by atoms with van der Waals surface area (Å²) in [6.07, 6.45) is 14.6. The van der Waals surface area contributed by atoms with Crippen LogP contribution in [0.2, 0.25) is 19.6 Å². The molecular formula is C56H58IrN2OSi-2. The van der Waals surface area contributed by atoms with Crippen molar-refractivity contribution in [1.82, 2.24) is 9.97 Å². The zero-order valence-electron chi connectivity index (χ0n) is 36.6. The molecule has 313 valence electrons. The Labute approximate surface area is 378 Å². The van der Waals surface area contributed by atoms with Crippen molar-refractivity contribution < 1.29 is 24.5 Å². The van der Waals surface area contributed by atoms with E-state index in [4.69, 9.17) is 9.40 Å². The third-order valence-corrected chi connectivity index (χ3v) is 14.7. The van der Waals surface area contributed by atoms with Gasteiger partial charge in [-0.1, -0.05) is 185 Å². The van der Waals surface area contributed by atoms with E-state index in [1.165, 1.54) is 71.5 Å². The minimum Gasteiger partial charge on any atom is -0.501 e. The standard InChI is InChI=1S/C28H24NO.C28H34NSi.Ir/c1-3-19(4-2)22-15-16-29-26(17-22)25-12-8-11-24-23-14-13-21(18-27(23)30-28(24)25)20-9-6-5-7-10-20;1-21-15-16-24(18-26(21)23-13-9-6-10-14-23)27-19-25(17-22-11-7-5-8-12-22)28(20-29-27)30(2,3)4;/h5-11,13-19H,3-4H2,1-2H3;6,9-10,13-15,18-20,22H,5,7-8,11-12,17H2,1-4H3;/q2*-1;. The summed E-state index contributed by atoms with van der Waals surface area (Å²) < 4.78 is 6.38. The molecule has 3 heterocycles. The molecule has 3 aromatic heterocycles. The third-order valence-electron chi connectivity index (χ3n) is 12.6. The van der Waals surface area contributed by atoms with E-state index in [1.807, 2.05) is 18.3 Å². The number of hydrogen-bond acceptors (Lipinski definition) is 3. The van der Waals surface area contributed by atoms with Crippen LogP contribution in [0.15, 0.2) is 138 Å². The van der Waals surface area contributed by atoms with E-state index in [9.17, 15) is 0 Å². The molecule has 0 aliphatic heterocycles. The molecule has 1 aliphatic carbocycles. The number of rotatable bonds is 10. The predicted octanol–water partition coefficient (Wildman–Crippen LogP) is 15.2. The molecule has 0 bridgehead atoms. The topological polar surface area (TPSA) is 38.9 Å². The van der Waals surface area contributed by atoms with Crippen LogP contribution in [-0.2, 0) is 26.5 Å². The minimum atomic E-state index is -1.43. The molecule has 5 heteroatoms. The molecule has 9 rings (SSSR count). The number of pyridine rings is 2. The molecule has 0 N–H and O–H groups in total. The molecule has 1 aliphatic rings. The summed E-state index contributed by atoms with van der Waals surface area (Å²) >= 11 is 0. The monoisotopic (exact) mass is 995 g/mol. The first-order valence-corrected chi connectivity index (χ1v) is 25.7. The molecular weight excluding hydrogens is 937 g/mol. The quantitative estimate of drug-likeness (QED) is 0.101. The number of aryl methyl sites for hydroxylation is 1. The van der Waals surface area contributed by atoms with Gasteiger partial charge in [-0.2, -0.15) is 0 Å². The van der Waals surface area contributed by atoms with Crippen molar-refractivity contribution in [2.24, 2.45) is 5.92 Å². The van der Waals surface area contributed by atoms with Gasteiger partial charge in [0.25, 0.3) is 0 Å². The largest absolute Gasteiger partial charge is 0.501 e. The zero-order chi connectivity index (χ0) is 41.6. The van der Waals surface area contributed by atoms with Crippen molar-refractivity contribution in [3.8, 4) is 44.8 Å². The fourth-order valence-corrected chi connectivity index (χ4v) is 10.8. The van der Waals surface area contributed by atoms with E-state index in [-0.39, 0.29) is 20.1 Å². The Kier molecular flexibility index (Phi) is 14.4. The van der Waals surface area contributed by atoms with Crippen LogP contribution in [0.5, 0.6) is 0 Å². The molecule has 61 heavy (non-hydrogen) atoms. The minimum absolute atomic E-state index is 0. The Morgan fingerprint density at radius 2 is 1.44 bits per heavy atom. The number of furan rings is 1. The first-order chi connectivity index (χ1) is 29.2. The van der Waals surface area contributed by atoms with Crippen LogP contribution in [-0.4, -0.2) is 18.0 Å². The van der Waals surface area contributed by atoms with Crippen LogP contribution in [0, 0.1) is 25.0 Å². The Balaban J connectivity index is 0.000000181. The van der Waals surface area contributed by atoms with Gasteiger partial charge in [-0.3, -0.25) is 0 Å². The number of fused-ring (bicyclic) bond motifs is 3. The van der Waals surface area contributed by atoms with Gasteiger partial charge in [-0.15, -0.1) is 47.5 Å². The molecule has 8 aromatic rings. The second kappa shape index (κ2) is 19.8. The summed E-state index contributed by atoms with van der Waals surface area (Å²) in [7, 11) is -1.43. The number of aromatic nitrogens is 2. The van der Waals surface area contributed by atoms with Crippen LogP contribution in [0.4, 0.5) is 0 Å². The summed E-state index contributed by atoms with van der Waals surface area (Å²) in [5, 5.41) is 3.76. The summed E-state index contributed by atoms with van der Waals surface area (Å²) in [4.78, 5) is 9.59. The summed E-state index contributed by atoms with van der Waals surface area (Å²) in [5.41, 5.74) is 14.8. The van der Waals surface area contributed by atoms with Gasteiger partial charge in [-0.05, 0) is 76.5 Å². The Bertz CT molecular complexity index is 2690. The zero-order valence-corrected chi connectivity index (χ0v) is 40.0. The van der Waals surface area contributed by atoms with Gasteiger partial charge in [0.05, 0.1) is 13.7 Å². The molecule has 1 radical (unpaired) electrons. The molecule has 1 saturated carbocycles. The van der Waals surface area contributed by atoms with E-state index in [0.717, 1.165) is 68.8 Å². The molecule has 0 saturated heterocycles. The first-order valence-electron chi connectivity index (χ1n) is 22.2. The second-order valence-electron chi connectivity index (χ2n) is 17.8. The number of benzene rings is 5. The maximum Gasteiger partial charge on any atom is 0.121 e. The van der Waals surface area contributed by atoms with Crippen molar-refractivity contribution >= 4 is 35.2 Å². The van der Waals surface area contributed by atoms with E-state index in [0.29, 0.717) is 5.92 Å². The van der Waals surface area contributed by atoms with E-state index < -0.39 is 8.07 Å². The Hall–Kier alpha value is -4.93. The van der Waals surface area contributed by atoms with Crippen molar-refractivity contribution in [2.75, 3.05) is 0 Å². The van der Waals surface area contributed by atoms with Crippen molar-refractivity contribution in [3.05, 3.63) is 163 Å². The van der Waals surface area contributed by atoms with Crippen molar-refractivity contribution in [1.29, 1.82) is 0 Å². The maximum atomic E-state index is 6.38. The van der Waals surface area contributed by atoms with Crippen LogP contribution in [0.25, 0.3) is 66.7 Å². The van der Waals surface area contributed by atoms with E-state index in [2.05, 4.69) is 173 Å². The van der Waals surface area contributed by atoms with Gasteiger partial charge >= 0.3 is 0 Å². The molecule has 0 spiro atoms. The van der Waals surface area contributed by atoms with Crippen LogP contribution >= 0.6 is 0 Å². The van der Waals surface area contributed by atoms with Gasteiger partial charge < -0.3 is 14.4 Å². The van der Waals surface area contributed by atoms with Crippen LogP contribution in [0.1, 0.15) is 81.4 Å². The first kappa shape index (κ1) is 44.1. The second-order valence-corrected chi connectivity index (χ2v) is 22.8. The third kappa shape index (κ3) is 10.1. The SMILES string of the molecule is CCC(CC)c1ccnc(-c2[c-]ccc3c2oc2cc(-c4ccccc4)ccc23)c1.Cc1c[c-]c(-c2cc(CC3CCCCC3)c([Si](C)(C)C)cn2)cc1-c1ccccc1.[Ir]. The fourth-order valence-electron chi connectivity index (χ4n) is 9.17. The summed E-state index contributed by atoms with van der Waals surface area (Å²) in [6, 6.07) is 49.5. The average molecular weight is 995 g/mol. The molecule has 0 amide bonds.